The van der Waals surface area contributed by atoms with Gasteiger partial charge in [-0.15, -0.1) is 0 Å². The van der Waals surface area contributed by atoms with Crippen molar-refractivity contribution in [3.05, 3.63) is 72.1 Å². The number of rotatable bonds is 4. The number of halogens is 1. The number of amides is 1. The van der Waals surface area contributed by atoms with Crippen molar-refractivity contribution in [2.45, 2.75) is 12.1 Å². The Labute approximate surface area is 175 Å². The second kappa shape index (κ2) is 7.40. The fraction of sp³-hybridized carbons (Fsp3) is 0.143. The van der Waals surface area contributed by atoms with Gasteiger partial charge in [-0.3, -0.25) is 10.1 Å². The van der Waals surface area contributed by atoms with E-state index in [4.69, 9.17) is 15.7 Å². The minimum Gasteiger partial charge on any atom is -0.331 e. The molecule has 1 amide bonds. The van der Waals surface area contributed by atoms with Crippen LogP contribution >= 0.6 is 0 Å². The molecule has 0 unspecified atom stereocenters. The number of benzene rings is 2. The Hall–Kier alpha value is -3.48. The number of aromatic nitrogens is 4. The van der Waals surface area contributed by atoms with E-state index in [9.17, 15) is 9.18 Å². The molecule has 144 valence electrons. The van der Waals surface area contributed by atoms with Gasteiger partial charge in [-0.05, 0) is 35.9 Å². The van der Waals surface area contributed by atoms with E-state index in [1.807, 2.05) is 36.7 Å². The number of carbonyl (C=O) groups is 1. The maximum absolute atomic E-state index is 13.1. The summed E-state index contributed by atoms with van der Waals surface area (Å²) in [7, 11) is 13.9. The van der Waals surface area contributed by atoms with E-state index in [1.165, 1.54) is 24.3 Å². The summed E-state index contributed by atoms with van der Waals surface area (Å²) in [4.78, 5) is 25.5. The summed E-state index contributed by atoms with van der Waals surface area (Å²) >= 11 is 0. The third-order valence-corrected chi connectivity index (χ3v) is 5.02. The van der Waals surface area contributed by atoms with Gasteiger partial charge in [-0.1, -0.05) is 24.3 Å². The fourth-order valence-corrected chi connectivity index (χ4v) is 3.07. The minimum absolute atomic E-state index is 0.0632. The predicted octanol–water partition coefficient (Wildman–Crippen LogP) is 2.61. The SMILES string of the molecule is [B]C([B])(C(=O)Nc1ncc2ccc(-c3cnc(C)n3C)cc2n1)c1ccc(F)cc1. The third kappa shape index (κ3) is 3.58. The van der Waals surface area contributed by atoms with Gasteiger partial charge < -0.3 is 4.57 Å². The van der Waals surface area contributed by atoms with Crippen LogP contribution in [0.3, 0.4) is 0 Å². The van der Waals surface area contributed by atoms with Gasteiger partial charge in [0.05, 0.1) is 33.1 Å². The van der Waals surface area contributed by atoms with Gasteiger partial charge in [-0.2, -0.15) is 0 Å². The number of hydrogen-bond donors (Lipinski definition) is 1. The van der Waals surface area contributed by atoms with Gasteiger partial charge in [0.25, 0.3) is 0 Å². The number of fused-ring (bicyclic) bond motifs is 1. The first-order valence-electron chi connectivity index (χ1n) is 9.16. The lowest BCUT2D eigenvalue weighted by atomic mass is 9.50. The van der Waals surface area contributed by atoms with Crippen molar-refractivity contribution < 1.29 is 9.18 Å². The van der Waals surface area contributed by atoms with Crippen molar-refractivity contribution in [1.29, 1.82) is 0 Å². The van der Waals surface area contributed by atoms with E-state index in [0.29, 0.717) is 5.52 Å². The largest absolute Gasteiger partial charge is 0.331 e. The average molecular weight is 395 g/mol. The van der Waals surface area contributed by atoms with Crippen molar-refractivity contribution in [1.82, 2.24) is 19.5 Å². The molecular weight excluding hydrogens is 379 g/mol. The summed E-state index contributed by atoms with van der Waals surface area (Å²) in [6, 6.07) is 10.8. The topological polar surface area (TPSA) is 72.7 Å². The normalized spacial score (nSPS) is 11.6. The Balaban J connectivity index is 1.63. The molecule has 4 aromatic rings. The van der Waals surface area contributed by atoms with Crippen LogP contribution in [0.25, 0.3) is 22.2 Å². The number of imidazole rings is 1. The molecule has 9 heteroatoms. The zero-order chi connectivity index (χ0) is 21.5. The Morgan fingerprint density at radius 2 is 1.83 bits per heavy atom. The predicted molar refractivity (Wildman–Crippen MR) is 115 cm³/mol. The molecule has 2 heterocycles. The van der Waals surface area contributed by atoms with Crippen LogP contribution in [0, 0.1) is 12.7 Å². The molecule has 0 spiro atoms. The van der Waals surface area contributed by atoms with E-state index in [-0.39, 0.29) is 11.5 Å². The Bertz CT molecular complexity index is 1250. The molecule has 2 aromatic heterocycles. The molecule has 0 aliphatic heterocycles. The molecule has 4 radical (unpaired) electrons. The second-order valence-electron chi connectivity index (χ2n) is 7.05. The lowest BCUT2D eigenvalue weighted by Crippen LogP contribution is -2.41. The van der Waals surface area contributed by atoms with Crippen LogP contribution < -0.4 is 5.32 Å². The van der Waals surface area contributed by atoms with Gasteiger partial charge >= 0.3 is 0 Å². The first-order chi connectivity index (χ1) is 14.3. The van der Waals surface area contributed by atoms with Crippen LogP contribution in [-0.4, -0.2) is 41.1 Å². The van der Waals surface area contributed by atoms with Gasteiger partial charge in [0, 0.05) is 24.2 Å². The number of nitrogens with zero attached hydrogens (tertiary/aromatic N) is 4. The van der Waals surface area contributed by atoms with Crippen molar-refractivity contribution in [3.8, 4) is 11.3 Å². The third-order valence-electron chi connectivity index (χ3n) is 5.02. The molecule has 2 aromatic carbocycles. The summed E-state index contributed by atoms with van der Waals surface area (Å²) < 4.78 is 15.1. The molecule has 0 aliphatic rings. The van der Waals surface area contributed by atoms with Gasteiger partial charge in [0.1, 0.15) is 11.6 Å². The molecule has 1 N–H and O–H groups in total. The number of anilines is 1. The van der Waals surface area contributed by atoms with Gasteiger partial charge in [0.15, 0.2) is 0 Å². The molecule has 4 rings (SSSR count). The van der Waals surface area contributed by atoms with E-state index in [1.54, 1.807) is 12.4 Å². The Kier molecular flexibility index (Phi) is 4.89. The molecule has 0 aliphatic carbocycles. The number of aryl methyl sites for hydroxylation is 1. The molecule has 0 atom stereocenters. The van der Waals surface area contributed by atoms with Gasteiger partial charge in [-0.25, -0.2) is 19.3 Å². The maximum Gasteiger partial charge on any atom is 0.229 e. The smallest absolute Gasteiger partial charge is 0.229 e. The zero-order valence-electron chi connectivity index (χ0n) is 16.4. The highest BCUT2D eigenvalue weighted by atomic mass is 19.1. The highest BCUT2D eigenvalue weighted by molar-refractivity contribution is 6.52. The van der Waals surface area contributed by atoms with E-state index in [0.717, 1.165) is 22.5 Å². The van der Waals surface area contributed by atoms with Crippen molar-refractivity contribution in [3.63, 3.8) is 0 Å². The maximum atomic E-state index is 13.1. The Morgan fingerprint density at radius 3 is 2.50 bits per heavy atom. The van der Waals surface area contributed by atoms with Crippen LogP contribution in [0.15, 0.2) is 54.9 Å². The number of nitrogens with one attached hydrogen (secondary N) is 1. The van der Waals surface area contributed by atoms with Crippen molar-refractivity contribution >= 4 is 38.5 Å². The zero-order valence-corrected chi connectivity index (χ0v) is 16.4. The van der Waals surface area contributed by atoms with Crippen LogP contribution in [-0.2, 0) is 17.1 Å². The average Bonchev–Trinajstić information content (AvgIpc) is 3.06. The van der Waals surface area contributed by atoms with Crippen LogP contribution in [0.1, 0.15) is 11.4 Å². The van der Waals surface area contributed by atoms with E-state index < -0.39 is 16.9 Å². The minimum atomic E-state index is -1.87. The molecular formula is C21H16B2FN5O. The molecule has 0 fully saturated rings. The molecule has 0 saturated carbocycles. The first kappa shape index (κ1) is 19.8. The monoisotopic (exact) mass is 395 g/mol. The molecule has 6 nitrogen and oxygen atoms in total. The standard InChI is InChI=1S/C21H16B2FN5O/c1-12-25-11-18(29(12)2)13-3-4-14-10-26-20(27-17(14)9-13)28-19(30)21(22,23)15-5-7-16(24)8-6-15/h3-11H,1-2H3,(H,26,27,28,30). The fourth-order valence-electron chi connectivity index (χ4n) is 3.07. The molecule has 0 bridgehead atoms. The second-order valence-corrected chi connectivity index (χ2v) is 7.05. The van der Waals surface area contributed by atoms with Crippen LogP contribution in [0.4, 0.5) is 10.3 Å². The first-order valence-corrected chi connectivity index (χ1v) is 9.16. The quantitative estimate of drug-likeness (QED) is 0.540. The van der Waals surface area contributed by atoms with E-state index in [2.05, 4.69) is 20.3 Å². The highest BCUT2D eigenvalue weighted by Gasteiger charge is 2.29. The van der Waals surface area contributed by atoms with E-state index >= 15 is 0 Å². The number of carbonyl (C=O) groups excluding carboxylic acids is 1. The van der Waals surface area contributed by atoms with Gasteiger partial charge in [0.2, 0.25) is 11.9 Å². The molecule has 0 saturated heterocycles. The lowest BCUT2D eigenvalue weighted by Gasteiger charge is -2.24. The van der Waals surface area contributed by atoms with Crippen LogP contribution in [0.5, 0.6) is 0 Å². The number of hydrogen-bond acceptors (Lipinski definition) is 4. The summed E-state index contributed by atoms with van der Waals surface area (Å²) in [5.41, 5.74) is 2.77. The summed E-state index contributed by atoms with van der Waals surface area (Å²) in [6.07, 6.45) is 3.39. The summed E-state index contributed by atoms with van der Waals surface area (Å²) in [6.45, 7) is 1.92. The summed E-state index contributed by atoms with van der Waals surface area (Å²) in [5, 5.41) is 1.47. The Morgan fingerprint density at radius 1 is 1.10 bits per heavy atom. The lowest BCUT2D eigenvalue weighted by molar-refractivity contribution is -0.117. The molecule has 30 heavy (non-hydrogen) atoms. The highest BCUT2D eigenvalue weighted by Crippen LogP contribution is 2.25. The van der Waals surface area contributed by atoms with Crippen LogP contribution in [0.2, 0.25) is 0 Å². The van der Waals surface area contributed by atoms with Crippen molar-refractivity contribution in [2.75, 3.05) is 5.32 Å². The van der Waals surface area contributed by atoms with Crippen molar-refractivity contribution in [2.24, 2.45) is 7.05 Å². The summed E-state index contributed by atoms with van der Waals surface area (Å²) in [5.74, 6) is -0.212.